The summed E-state index contributed by atoms with van der Waals surface area (Å²) in [6.45, 7) is -0.197. The van der Waals surface area contributed by atoms with Crippen LogP contribution in [0.3, 0.4) is 0 Å². The van der Waals surface area contributed by atoms with Crippen LogP contribution in [0, 0.1) is 5.82 Å². The highest BCUT2D eigenvalue weighted by Crippen LogP contribution is 2.17. The molecule has 0 aliphatic heterocycles. The number of nitrogens with one attached hydrogen (secondary N) is 1. The molecule has 2 aromatic carbocycles. The van der Waals surface area contributed by atoms with Crippen molar-refractivity contribution in [2.45, 2.75) is 0 Å². The Bertz CT molecular complexity index is 659. The van der Waals surface area contributed by atoms with E-state index in [1.807, 2.05) is 0 Å². The first-order valence-electron chi connectivity index (χ1n) is 6.13. The lowest BCUT2D eigenvalue weighted by atomic mass is 10.2. The molecule has 6 heteroatoms. The zero-order valence-electron chi connectivity index (χ0n) is 11.0. The smallest absolute Gasteiger partial charge is 0.262 e. The molecule has 0 aliphatic carbocycles. The Kier molecular flexibility index (Phi) is 4.84. The number of rotatable bonds is 5. The Morgan fingerprint density at radius 3 is 2.52 bits per heavy atom. The third kappa shape index (κ3) is 4.25. The van der Waals surface area contributed by atoms with E-state index in [9.17, 15) is 9.18 Å². The first kappa shape index (κ1) is 14.9. The Morgan fingerprint density at radius 2 is 1.86 bits per heavy atom. The molecule has 0 unspecified atom stereocenters. The monoisotopic (exact) mass is 304 g/mol. The van der Waals surface area contributed by atoms with Gasteiger partial charge >= 0.3 is 0 Å². The fraction of sp³-hybridized carbons (Fsp3) is 0.0667. The van der Waals surface area contributed by atoms with E-state index in [4.69, 9.17) is 22.7 Å². The van der Waals surface area contributed by atoms with Gasteiger partial charge in [-0.2, -0.15) is 0 Å². The third-order valence-corrected chi connectivity index (χ3v) is 2.86. The van der Waals surface area contributed by atoms with Crippen molar-refractivity contribution in [1.82, 2.24) is 0 Å². The van der Waals surface area contributed by atoms with E-state index in [2.05, 4.69) is 5.32 Å². The number of benzene rings is 2. The van der Waals surface area contributed by atoms with Gasteiger partial charge in [0.25, 0.3) is 5.91 Å². The van der Waals surface area contributed by atoms with E-state index in [-0.39, 0.29) is 23.3 Å². The van der Waals surface area contributed by atoms with Gasteiger partial charge in [-0.3, -0.25) is 4.79 Å². The molecular weight excluding hydrogens is 291 g/mol. The molecule has 0 radical (unpaired) electrons. The molecule has 0 fully saturated rings. The topological polar surface area (TPSA) is 64.3 Å². The van der Waals surface area contributed by atoms with Crippen LogP contribution < -0.4 is 15.8 Å². The van der Waals surface area contributed by atoms with Crippen molar-refractivity contribution in [2.24, 2.45) is 5.73 Å². The van der Waals surface area contributed by atoms with E-state index in [0.717, 1.165) is 0 Å². The van der Waals surface area contributed by atoms with Crippen LogP contribution >= 0.6 is 12.2 Å². The van der Waals surface area contributed by atoms with E-state index in [0.29, 0.717) is 17.0 Å². The maximum atomic E-state index is 12.8. The number of carbonyl (C=O) groups is 1. The maximum Gasteiger partial charge on any atom is 0.262 e. The van der Waals surface area contributed by atoms with Crippen molar-refractivity contribution in [3.8, 4) is 5.75 Å². The molecule has 0 saturated carbocycles. The summed E-state index contributed by atoms with van der Waals surface area (Å²) >= 11 is 4.91. The first-order chi connectivity index (χ1) is 10.1. The molecule has 108 valence electrons. The van der Waals surface area contributed by atoms with Crippen molar-refractivity contribution in [1.29, 1.82) is 0 Å². The van der Waals surface area contributed by atoms with Crippen molar-refractivity contribution in [2.75, 3.05) is 11.9 Å². The number of hydrogen-bond acceptors (Lipinski definition) is 3. The van der Waals surface area contributed by atoms with Crippen LogP contribution in [0.15, 0.2) is 48.5 Å². The Labute approximate surface area is 126 Å². The largest absolute Gasteiger partial charge is 0.483 e. The minimum absolute atomic E-state index is 0.197. The molecule has 0 saturated heterocycles. The van der Waals surface area contributed by atoms with Gasteiger partial charge in [-0.15, -0.1) is 0 Å². The molecule has 0 heterocycles. The molecule has 0 spiro atoms. The predicted molar refractivity (Wildman–Crippen MR) is 82.9 cm³/mol. The summed E-state index contributed by atoms with van der Waals surface area (Å²) in [6, 6.07) is 12.4. The Morgan fingerprint density at radius 1 is 1.19 bits per heavy atom. The van der Waals surface area contributed by atoms with Gasteiger partial charge in [-0.1, -0.05) is 24.4 Å². The molecule has 0 atom stereocenters. The number of carbonyl (C=O) groups excluding carboxylic acids is 1. The zero-order chi connectivity index (χ0) is 15.2. The minimum atomic E-state index is -0.366. The molecule has 0 aromatic heterocycles. The third-order valence-electron chi connectivity index (χ3n) is 2.64. The highest BCUT2D eigenvalue weighted by atomic mass is 32.1. The second kappa shape index (κ2) is 6.81. The van der Waals surface area contributed by atoms with E-state index in [1.54, 1.807) is 24.3 Å². The molecule has 3 N–H and O–H groups in total. The van der Waals surface area contributed by atoms with Crippen LogP contribution in [0.1, 0.15) is 5.56 Å². The van der Waals surface area contributed by atoms with Crippen LogP contribution in [0.5, 0.6) is 5.75 Å². The number of thiocarbonyl (C=S) groups is 1. The van der Waals surface area contributed by atoms with E-state index in [1.165, 1.54) is 24.3 Å². The van der Waals surface area contributed by atoms with Gasteiger partial charge in [-0.05, 0) is 36.4 Å². The van der Waals surface area contributed by atoms with Crippen LogP contribution in [0.4, 0.5) is 10.1 Å². The van der Waals surface area contributed by atoms with Crippen LogP contribution in [-0.2, 0) is 4.79 Å². The fourth-order valence-corrected chi connectivity index (χ4v) is 1.84. The molecule has 1 amide bonds. The van der Waals surface area contributed by atoms with Crippen LogP contribution in [0.2, 0.25) is 0 Å². The van der Waals surface area contributed by atoms with Gasteiger partial charge in [0.2, 0.25) is 0 Å². The molecule has 0 aliphatic rings. The summed E-state index contributed by atoms with van der Waals surface area (Å²) in [7, 11) is 0. The standard InChI is InChI=1S/C15H13FN2O2S/c16-10-5-7-11(8-6-10)18-14(19)9-20-13-4-2-1-3-12(13)15(17)21/h1-8H,9H2,(H2,17,21)(H,18,19). The van der Waals surface area contributed by atoms with Crippen LogP contribution in [-0.4, -0.2) is 17.5 Å². The van der Waals surface area contributed by atoms with E-state index < -0.39 is 0 Å². The fourth-order valence-electron chi connectivity index (χ4n) is 1.67. The number of anilines is 1. The summed E-state index contributed by atoms with van der Waals surface area (Å²) in [6.07, 6.45) is 0. The Balaban J connectivity index is 1.95. The highest BCUT2D eigenvalue weighted by molar-refractivity contribution is 7.80. The number of halogens is 1. The number of ether oxygens (including phenoxy) is 1. The summed E-state index contributed by atoms with van der Waals surface area (Å²) in [4.78, 5) is 12.0. The number of nitrogens with two attached hydrogens (primary N) is 1. The highest BCUT2D eigenvalue weighted by Gasteiger charge is 2.08. The van der Waals surface area contributed by atoms with Gasteiger partial charge in [0.15, 0.2) is 6.61 Å². The molecule has 21 heavy (non-hydrogen) atoms. The minimum Gasteiger partial charge on any atom is -0.483 e. The van der Waals surface area contributed by atoms with Gasteiger partial charge in [0.1, 0.15) is 16.6 Å². The molecular formula is C15H13FN2O2S. The van der Waals surface area contributed by atoms with Crippen molar-refractivity contribution < 1.29 is 13.9 Å². The normalized spacial score (nSPS) is 9.95. The quantitative estimate of drug-likeness (QED) is 0.833. The van der Waals surface area contributed by atoms with Gasteiger partial charge in [0.05, 0.1) is 5.56 Å². The Hall–Kier alpha value is -2.47. The SMILES string of the molecule is NC(=S)c1ccccc1OCC(=O)Nc1ccc(F)cc1. The second-order valence-corrected chi connectivity index (χ2v) is 4.64. The molecule has 0 bridgehead atoms. The van der Waals surface area contributed by atoms with Gasteiger partial charge < -0.3 is 15.8 Å². The van der Waals surface area contributed by atoms with Crippen molar-refractivity contribution >= 4 is 28.8 Å². The van der Waals surface area contributed by atoms with Gasteiger partial charge in [-0.25, -0.2) is 4.39 Å². The lowest BCUT2D eigenvalue weighted by Crippen LogP contribution is -2.21. The van der Waals surface area contributed by atoms with Gasteiger partial charge in [0, 0.05) is 5.69 Å². The first-order valence-corrected chi connectivity index (χ1v) is 6.54. The second-order valence-electron chi connectivity index (χ2n) is 4.20. The lowest BCUT2D eigenvalue weighted by molar-refractivity contribution is -0.118. The molecule has 2 aromatic rings. The number of amides is 1. The number of para-hydroxylation sites is 1. The summed E-state index contributed by atoms with van der Waals surface area (Å²) < 4.78 is 18.2. The number of hydrogen-bond donors (Lipinski definition) is 2. The van der Waals surface area contributed by atoms with Crippen molar-refractivity contribution in [3.05, 3.63) is 59.9 Å². The lowest BCUT2D eigenvalue weighted by Gasteiger charge is -2.10. The predicted octanol–water partition coefficient (Wildman–Crippen LogP) is 2.48. The maximum absolute atomic E-state index is 12.8. The molecule has 4 nitrogen and oxygen atoms in total. The van der Waals surface area contributed by atoms with Crippen LogP contribution in [0.25, 0.3) is 0 Å². The average molecular weight is 304 g/mol. The average Bonchev–Trinajstić information content (AvgIpc) is 2.48. The zero-order valence-corrected chi connectivity index (χ0v) is 11.8. The van der Waals surface area contributed by atoms with E-state index >= 15 is 0 Å². The molecule has 2 rings (SSSR count). The summed E-state index contributed by atoms with van der Waals surface area (Å²) in [5.74, 6) is -0.284. The summed E-state index contributed by atoms with van der Waals surface area (Å²) in [5.41, 5.74) is 6.64. The summed E-state index contributed by atoms with van der Waals surface area (Å²) in [5, 5.41) is 2.59. The van der Waals surface area contributed by atoms with Crippen molar-refractivity contribution in [3.63, 3.8) is 0 Å².